The molecule has 0 radical (unpaired) electrons. The third-order valence-electron chi connectivity index (χ3n) is 6.75. The quantitative estimate of drug-likeness (QED) is 0.347. The van der Waals surface area contributed by atoms with E-state index >= 15 is 0 Å². The number of nitrogens with zero attached hydrogens (tertiary/aromatic N) is 3. The first-order valence-corrected chi connectivity index (χ1v) is 12.5. The second-order valence-corrected chi connectivity index (χ2v) is 9.22. The lowest BCUT2D eigenvalue weighted by Crippen LogP contribution is -2.47. The Kier molecular flexibility index (Phi) is 7.51. The first kappa shape index (κ1) is 24.6. The summed E-state index contributed by atoms with van der Waals surface area (Å²) in [6.45, 7) is 0.978. The monoisotopic (exact) mass is 496 g/mol. The van der Waals surface area contributed by atoms with Gasteiger partial charge in [-0.05, 0) is 42.5 Å². The minimum Gasteiger partial charge on any atom is -0.386 e. The number of aromatic nitrogens is 2. The minimum atomic E-state index is -0.775. The lowest BCUT2D eigenvalue weighted by atomic mass is 9.92. The molecule has 2 heterocycles. The van der Waals surface area contributed by atoms with Crippen molar-refractivity contribution in [3.05, 3.63) is 114 Å². The highest BCUT2D eigenvalue weighted by Gasteiger charge is 2.34. The van der Waals surface area contributed by atoms with E-state index in [9.17, 15) is 14.3 Å². The van der Waals surface area contributed by atoms with Crippen LogP contribution in [0.3, 0.4) is 0 Å². The van der Waals surface area contributed by atoms with Crippen LogP contribution in [0.4, 0.5) is 10.3 Å². The maximum atomic E-state index is 13.9. The average Bonchev–Trinajstić information content (AvgIpc) is 2.97. The van der Waals surface area contributed by atoms with E-state index in [1.165, 1.54) is 12.1 Å². The second-order valence-electron chi connectivity index (χ2n) is 9.22. The molecule has 0 saturated carbocycles. The molecule has 3 aromatic carbocycles. The summed E-state index contributed by atoms with van der Waals surface area (Å²) in [6, 6.07) is 24.9. The third-order valence-corrected chi connectivity index (χ3v) is 6.75. The van der Waals surface area contributed by atoms with E-state index < -0.39 is 6.10 Å². The van der Waals surface area contributed by atoms with Crippen molar-refractivity contribution in [2.45, 2.75) is 38.0 Å². The predicted molar refractivity (Wildman–Crippen MR) is 141 cm³/mol. The van der Waals surface area contributed by atoms with Gasteiger partial charge in [0.15, 0.2) is 0 Å². The summed E-state index contributed by atoms with van der Waals surface area (Å²) in [6.07, 6.45) is 3.34. The summed E-state index contributed by atoms with van der Waals surface area (Å²) < 4.78 is 13.2. The molecular formula is C30H29FN4O2. The molecule has 6 nitrogen and oxygen atoms in total. The zero-order valence-electron chi connectivity index (χ0n) is 20.4. The van der Waals surface area contributed by atoms with E-state index in [4.69, 9.17) is 4.98 Å². The van der Waals surface area contributed by atoms with Gasteiger partial charge in [-0.1, -0.05) is 72.8 Å². The number of rotatable bonds is 7. The zero-order chi connectivity index (χ0) is 25.6. The smallest absolute Gasteiger partial charge is 0.258 e. The van der Waals surface area contributed by atoms with Crippen molar-refractivity contribution in [1.29, 1.82) is 0 Å². The normalized spacial score (nSPS) is 16.3. The Labute approximate surface area is 215 Å². The number of carbonyl (C=O) groups is 1. The van der Waals surface area contributed by atoms with Crippen LogP contribution in [0.1, 0.15) is 46.9 Å². The molecule has 2 unspecified atom stereocenters. The first-order valence-electron chi connectivity index (χ1n) is 12.5. The van der Waals surface area contributed by atoms with Crippen LogP contribution in [0, 0.1) is 5.82 Å². The fourth-order valence-electron chi connectivity index (χ4n) is 4.79. The van der Waals surface area contributed by atoms with Crippen LogP contribution in [-0.2, 0) is 6.54 Å². The van der Waals surface area contributed by atoms with Crippen LogP contribution >= 0.6 is 0 Å². The van der Waals surface area contributed by atoms with Crippen LogP contribution in [0.25, 0.3) is 11.3 Å². The number of hydrogen-bond acceptors (Lipinski definition) is 5. The van der Waals surface area contributed by atoms with E-state index in [0.29, 0.717) is 30.3 Å². The largest absolute Gasteiger partial charge is 0.386 e. The van der Waals surface area contributed by atoms with Crippen molar-refractivity contribution in [1.82, 2.24) is 14.9 Å². The second kappa shape index (κ2) is 11.3. The lowest BCUT2D eigenvalue weighted by Gasteiger charge is -2.39. The van der Waals surface area contributed by atoms with Gasteiger partial charge in [-0.25, -0.2) is 14.4 Å². The Morgan fingerprint density at radius 3 is 2.43 bits per heavy atom. The van der Waals surface area contributed by atoms with Gasteiger partial charge in [-0.15, -0.1) is 0 Å². The maximum Gasteiger partial charge on any atom is 0.258 e. The molecule has 7 heteroatoms. The molecule has 4 aromatic rings. The number of likely N-dealkylation sites (tertiary alicyclic amines) is 1. The number of hydrogen-bond donors (Lipinski definition) is 2. The summed E-state index contributed by atoms with van der Waals surface area (Å²) in [5.41, 5.74) is 3.41. The van der Waals surface area contributed by atoms with E-state index in [-0.39, 0.29) is 17.8 Å². The fraction of sp³-hybridized carbons (Fsp3) is 0.233. The molecule has 2 N–H and O–H groups in total. The Balaban J connectivity index is 1.44. The molecule has 1 aliphatic rings. The number of amides is 1. The van der Waals surface area contributed by atoms with E-state index in [0.717, 1.165) is 36.0 Å². The van der Waals surface area contributed by atoms with Crippen molar-refractivity contribution < 1.29 is 14.3 Å². The summed E-state index contributed by atoms with van der Waals surface area (Å²) in [5.74, 6) is -0.106. The van der Waals surface area contributed by atoms with Crippen LogP contribution in [-0.4, -0.2) is 38.5 Å². The van der Waals surface area contributed by atoms with Crippen molar-refractivity contribution in [2.24, 2.45) is 0 Å². The number of nitrogens with one attached hydrogen (secondary N) is 1. The van der Waals surface area contributed by atoms with Crippen LogP contribution in [0.2, 0.25) is 0 Å². The number of halogens is 1. The Morgan fingerprint density at radius 1 is 1.00 bits per heavy atom. The number of benzene rings is 3. The standard InChI is InChI=1S/C30H29FN4O2/c31-24-16-14-21(15-17-24)19-32-30-33-20-25(27(34-30)22-9-3-1-4-10-22)29(37)35-18-8-7-13-26(35)28(36)23-11-5-2-6-12-23/h1-6,9-12,14-17,20,26,28,36H,7-8,13,18-19H2,(H,32,33,34). The number of aliphatic hydroxyl groups excluding tert-OH is 1. The van der Waals surface area contributed by atoms with Crippen molar-refractivity contribution in [3.8, 4) is 11.3 Å². The molecule has 5 rings (SSSR count). The molecule has 0 spiro atoms. The molecule has 1 saturated heterocycles. The molecule has 1 fully saturated rings. The third kappa shape index (κ3) is 5.67. The van der Waals surface area contributed by atoms with Gasteiger partial charge in [0.25, 0.3) is 5.91 Å². The summed E-state index contributed by atoms with van der Waals surface area (Å²) >= 11 is 0. The first-order chi connectivity index (χ1) is 18.1. The van der Waals surface area contributed by atoms with Gasteiger partial charge in [0, 0.05) is 24.8 Å². The Hall–Kier alpha value is -4.10. The van der Waals surface area contributed by atoms with Crippen LogP contribution < -0.4 is 5.32 Å². The SMILES string of the molecule is O=C(c1cnc(NCc2ccc(F)cc2)nc1-c1ccccc1)N1CCCCC1C(O)c1ccccc1. The van der Waals surface area contributed by atoms with Gasteiger partial charge in [0.2, 0.25) is 5.95 Å². The van der Waals surface area contributed by atoms with E-state index in [2.05, 4.69) is 10.3 Å². The topological polar surface area (TPSA) is 78.4 Å². The fourth-order valence-corrected chi connectivity index (χ4v) is 4.79. The number of piperidine rings is 1. The van der Waals surface area contributed by atoms with Gasteiger partial charge < -0.3 is 15.3 Å². The molecule has 1 amide bonds. The predicted octanol–water partition coefficient (Wildman–Crippen LogP) is 5.62. The molecule has 1 aromatic heterocycles. The van der Waals surface area contributed by atoms with Gasteiger partial charge in [0.05, 0.1) is 23.4 Å². The van der Waals surface area contributed by atoms with Crippen LogP contribution in [0.5, 0.6) is 0 Å². The molecule has 0 bridgehead atoms. The summed E-state index contributed by atoms with van der Waals surface area (Å²) in [7, 11) is 0. The maximum absolute atomic E-state index is 13.9. The van der Waals surface area contributed by atoms with E-state index in [1.54, 1.807) is 23.2 Å². The number of anilines is 1. The Morgan fingerprint density at radius 2 is 1.70 bits per heavy atom. The molecule has 37 heavy (non-hydrogen) atoms. The van der Waals surface area contributed by atoms with Crippen molar-refractivity contribution >= 4 is 11.9 Å². The van der Waals surface area contributed by atoms with Gasteiger partial charge in [-0.2, -0.15) is 0 Å². The molecule has 1 aliphatic heterocycles. The van der Waals surface area contributed by atoms with Gasteiger partial charge >= 0.3 is 0 Å². The molecule has 0 aliphatic carbocycles. The number of aliphatic hydroxyl groups is 1. The lowest BCUT2D eigenvalue weighted by molar-refractivity contribution is 0.0212. The summed E-state index contributed by atoms with van der Waals surface area (Å²) in [5, 5.41) is 14.4. The van der Waals surface area contributed by atoms with Crippen molar-refractivity contribution in [2.75, 3.05) is 11.9 Å². The average molecular weight is 497 g/mol. The minimum absolute atomic E-state index is 0.191. The number of carbonyl (C=O) groups excluding carboxylic acids is 1. The van der Waals surface area contributed by atoms with Gasteiger partial charge in [0.1, 0.15) is 5.82 Å². The zero-order valence-corrected chi connectivity index (χ0v) is 20.4. The molecular weight excluding hydrogens is 467 g/mol. The molecule has 188 valence electrons. The molecule has 2 atom stereocenters. The van der Waals surface area contributed by atoms with E-state index in [1.807, 2.05) is 60.7 Å². The van der Waals surface area contributed by atoms with Crippen molar-refractivity contribution in [3.63, 3.8) is 0 Å². The summed E-state index contributed by atoms with van der Waals surface area (Å²) in [4.78, 5) is 24.9. The Bertz CT molecular complexity index is 1330. The highest BCUT2D eigenvalue weighted by Crippen LogP contribution is 2.32. The van der Waals surface area contributed by atoms with Gasteiger partial charge in [-0.3, -0.25) is 4.79 Å². The van der Waals surface area contributed by atoms with Crippen LogP contribution in [0.15, 0.2) is 91.1 Å². The highest BCUT2D eigenvalue weighted by atomic mass is 19.1. The highest BCUT2D eigenvalue weighted by molar-refractivity contribution is 6.00.